The molecule has 0 spiro atoms. The number of hydrogen-bond donors (Lipinski definition) is 4. The molecule has 4 aliphatic carbocycles. The van der Waals surface area contributed by atoms with Gasteiger partial charge in [-0.3, -0.25) is 4.55 Å². The maximum Gasteiger partial charge on any atom is 0.397 e. The molecule has 0 saturated heterocycles. The van der Waals surface area contributed by atoms with Gasteiger partial charge in [0, 0.05) is 0 Å². The van der Waals surface area contributed by atoms with Gasteiger partial charge in [-0.05, 0) is 181 Å². The molecule has 0 aromatic carbocycles. The van der Waals surface area contributed by atoms with Crippen LogP contribution in [0.15, 0.2) is 0 Å². The molecule has 4 fully saturated rings. The lowest BCUT2D eigenvalue weighted by Crippen LogP contribution is -2.54. The molecule has 8 heteroatoms. The molecule has 4 aliphatic rings. The van der Waals surface area contributed by atoms with E-state index in [0.717, 1.165) is 68.6 Å². The molecular weight excluding hydrogens is 558 g/mol. The van der Waals surface area contributed by atoms with Crippen molar-refractivity contribution in [1.29, 1.82) is 0 Å². The lowest BCUT2D eigenvalue weighted by atomic mass is 9.44. The highest BCUT2D eigenvalue weighted by Gasteiger charge is 2.60. The summed E-state index contributed by atoms with van der Waals surface area (Å²) in [5.41, 5.74) is 6.51. The number of rotatable bonds is 17. The average molecular weight is 626 g/mol. The Labute approximate surface area is 265 Å². The topological polar surface area (TPSA) is 114 Å². The maximum absolute atomic E-state index is 11.4. The van der Waals surface area contributed by atoms with Gasteiger partial charge in [-0.1, -0.05) is 34.6 Å². The molecular formula is C35H67N3O4S. The van der Waals surface area contributed by atoms with Crippen molar-refractivity contribution in [3.8, 4) is 0 Å². The molecule has 5 N–H and O–H groups in total. The van der Waals surface area contributed by atoms with Crippen LogP contribution >= 0.6 is 0 Å². The minimum Gasteiger partial charge on any atom is -0.330 e. The van der Waals surface area contributed by atoms with Gasteiger partial charge in [0.05, 0.1) is 6.10 Å². The molecule has 0 heterocycles. The monoisotopic (exact) mass is 625 g/mol. The van der Waals surface area contributed by atoms with Crippen molar-refractivity contribution in [3.05, 3.63) is 0 Å². The third kappa shape index (κ3) is 8.77. The Hall–Kier alpha value is -0.250. The number of nitrogens with one attached hydrogen (secondary N) is 2. The minimum atomic E-state index is -4.42. The Bertz CT molecular complexity index is 963. The normalized spacial score (nSPS) is 37.5. The summed E-state index contributed by atoms with van der Waals surface area (Å²) in [5.74, 6) is 5.66. The zero-order valence-corrected chi connectivity index (χ0v) is 29.1. The molecule has 4 saturated carbocycles. The van der Waals surface area contributed by atoms with Gasteiger partial charge in [-0.25, -0.2) is 4.18 Å². The van der Waals surface area contributed by atoms with E-state index in [4.69, 9.17) is 9.92 Å². The molecule has 4 unspecified atom stereocenters. The van der Waals surface area contributed by atoms with Crippen molar-refractivity contribution in [2.24, 2.45) is 63.9 Å². The van der Waals surface area contributed by atoms with Crippen LogP contribution in [0.2, 0.25) is 0 Å². The molecule has 7 nitrogen and oxygen atoms in total. The Morgan fingerprint density at radius 3 is 2.28 bits per heavy atom. The molecule has 252 valence electrons. The van der Waals surface area contributed by atoms with Crippen molar-refractivity contribution >= 4 is 10.4 Å². The van der Waals surface area contributed by atoms with E-state index in [1.807, 2.05) is 13.8 Å². The smallest absolute Gasteiger partial charge is 0.330 e. The van der Waals surface area contributed by atoms with E-state index in [1.54, 1.807) is 0 Å². The molecule has 10 atom stereocenters. The molecule has 0 amide bonds. The van der Waals surface area contributed by atoms with Crippen LogP contribution in [0.1, 0.15) is 125 Å². The van der Waals surface area contributed by atoms with Gasteiger partial charge in [0.2, 0.25) is 0 Å². The summed E-state index contributed by atoms with van der Waals surface area (Å²) in [6.07, 6.45) is 17.2. The second kappa shape index (κ2) is 15.6. The van der Waals surface area contributed by atoms with Gasteiger partial charge in [0.1, 0.15) is 0 Å². The first-order valence-corrected chi connectivity index (χ1v) is 19.5. The van der Waals surface area contributed by atoms with Crippen LogP contribution in [-0.4, -0.2) is 51.8 Å². The fourth-order valence-electron chi connectivity index (χ4n) is 10.9. The number of hydrogen-bond acceptors (Lipinski definition) is 6. The van der Waals surface area contributed by atoms with E-state index in [0.29, 0.717) is 29.1 Å². The molecule has 0 radical (unpaired) electrons. The first-order chi connectivity index (χ1) is 20.4. The second-order valence-electron chi connectivity index (χ2n) is 16.2. The van der Waals surface area contributed by atoms with E-state index in [-0.39, 0.29) is 5.92 Å². The fourth-order valence-corrected chi connectivity index (χ4v) is 11.6. The lowest BCUT2D eigenvalue weighted by molar-refractivity contribution is -0.121. The highest BCUT2D eigenvalue weighted by atomic mass is 32.3. The summed E-state index contributed by atoms with van der Waals surface area (Å²) in [5, 5.41) is 7.34. The summed E-state index contributed by atoms with van der Waals surface area (Å²) < 4.78 is 37.1. The molecule has 0 aromatic rings. The minimum absolute atomic E-state index is 0.0530. The fraction of sp³-hybridized carbons (Fsp3) is 1.00. The third-order valence-electron chi connectivity index (χ3n) is 13.4. The number of nitrogens with two attached hydrogens (primary N) is 1. The first-order valence-electron chi connectivity index (χ1n) is 18.2. The van der Waals surface area contributed by atoms with E-state index in [9.17, 15) is 13.0 Å². The maximum atomic E-state index is 11.4. The van der Waals surface area contributed by atoms with Crippen LogP contribution in [-0.2, 0) is 14.6 Å². The van der Waals surface area contributed by atoms with Crippen molar-refractivity contribution < 1.29 is 17.2 Å². The van der Waals surface area contributed by atoms with Gasteiger partial charge >= 0.3 is 10.4 Å². The van der Waals surface area contributed by atoms with Gasteiger partial charge in [0.25, 0.3) is 0 Å². The summed E-state index contributed by atoms with van der Waals surface area (Å²) in [4.78, 5) is 0. The Morgan fingerprint density at radius 1 is 0.860 bits per heavy atom. The number of fused-ring (bicyclic) bond motifs is 5. The van der Waals surface area contributed by atoms with Crippen molar-refractivity contribution in [2.45, 2.75) is 131 Å². The standard InChI is InChI=1S/C35H67N3O4S/c1-25(2)33(42-43(39,40)41)14-9-26(3)30-12-13-31-29-11-10-28-23-27(24-38-22-8-21-37-20-7-6-19-36)15-17-34(28,4)32(29)16-18-35(30,31)5/h25-33,37-38H,6-24,36H2,1-5H3,(H,39,40,41)/t26?,27-,28-,29?,30+,31?,32?,33+,34-,35+/m0/s1. The van der Waals surface area contributed by atoms with E-state index >= 15 is 0 Å². The van der Waals surface area contributed by atoms with Crippen LogP contribution in [0.4, 0.5) is 0 Å². The second-order valence-corrected chi connectivity index (χ2v) is 17.2. The molecule has 0 bridgehead atoms. The summed E-state index contributed by atoms with van der Waals surface area (Å²) in [7, 11) is -4.42. The van der Waals surface area contributed by atoms with Crippen molar-refractivity contribution in [3.63, 3.8) is 0 Å². The summed E-state index contributed by atoms with van der Waals surface area (Å²) >= 11 is 0. The van der Waals surface area contributed by atoms with Crippen molar-refractivity contribution in [2.75, 3.05) is 32.7 Å². The third-order valence-corrected chi connectivity index (χ3v) is 13.9. The zero-order chi connectivity index (χ0) is 31.3. The van der Waals surface area contributed by atoms with Gasteiger partial charge in [-0.2, -0.15) is 8.42 Å². The van der Waals surface area contributed by atoms with Crippen molar-refractivity contribution in [1.82, 2.24) is 10.6 Å². The Morgan fingerprint density at radius 2 is 1.56 bits per heavy atom. The van der Waals surface area contributed by atoms with Gasteiger partial charge < -0.3 is 16.4 Å². The zero-order valence-electron chi connectivity index (χ0n) is 28.3. The predicted molar refractivity (Wildman–Crippen MR) is 177 cm³/mol. The molecule has 0 aromatic heterocycles. The SMILES string of the molecule is CC(CC[C@@H](OS(=O)(=O)O)C(C)C)[C@H]1CCC2C3CC[C@H]4C[C@@H](CNCCCNCCCCN)CC[C@]4(C)C3CC[C@@]21C. The van der Waals surface area contributed by atoms with E-state index in [2.05, 4.69) is 31.4 Å². The van der Waals surface area contributed by atoms with E-state index in [1.165, 1.54) is 77.2 Å². The lowest BCUT2D eigenvalue weighted by Gasteiger charge is -2.61. The predicted octanol–water partition coefficient (Wildman–Crippen LogP) is 6.83. The van der Waals surface area contributed by atoms with Crippen LogP contribution in [0, 0.1) is 58.2 Å². The Balaban J connectivity index is 1.26. The summed E-state index contributed by atoms with van der Waals surface area (Å²) in [6.45, 7) is 17.0. The van der Waals surface area contributed by atoms with Crippen LogP contribution < -0.4 is 16.4 Å². The molecule has 0 aliphatic heterocycles. The highest BCUT2D eigenvalue weighted by molar-refractivity contribution is 7.80. The van der Waals surface area contributed by atoms with Crippen LogP contribution in [0.3, 0.4) is 0 Å². The molecule has 43 heavy (non-hydrogen) atoms. The first kappa shape index (κ1) is 35.6. The van der Waals surface area contributed by atoms with Crippen LogP contribution in [0.5, 0.6) is 0 Å². The Kier molecular flexibility index (Phi) is 12.9. The van der Waals surface area contributed by atoms with Gasteiger partial charge in [-0.15, -0.1) is 0 Å². The quantitative estimate of drug-likeness (QED) is 0.104. The molecule has 4 rings (SSSR count). The van der Waals surface area contributed by atoms with E-state index < -0.39 is 16.5 Å². The average Bonchev–Trinajstić information content (AvgIpc) is 3.31. The largest absolute Gasteiger partial charge is 0.397 e. The van der Waals surface area contributed by atoms with Crippen LogP contribution in [0.25, 0.3) is 0 Å². The highest BCUT2D eigenvalue weighted by Crippen LogP contribution is 2.68. The number of unbranched alkanes of at least 4 members (excludes halogenated alkanes) is 1. The van der Waals surface area contributed by atoms with Gasteiger partial charge in [0.15, 0.2) is 0 Å². The summed E-state index contributed by atoms with van der Waals surface area (Å²) in [6, 6.07) is 0.